The summed E-state index contributed by atoms with van der Waals surface area (Å²) in [6.07, 6.45) is 8.20. The number of carbonyl (C=O) groups is 1. The molecule has 0 aromatic heterocycles. The molecule has 1 N–H and O–H groups in total. The Labute approximate surface area is 166 Å². The molecule has 7 heteroatoms. The average molecular weight is 397 g/mol. The molecular weight excluding hydrogens is 362 g/mol. The highest BCUT2D eigenvalue weighted by atomic mass is 19.3. The van der Waals surface area contributed by atoms with Gasteiger partial charge in [-0.2, -0.15) is 0 Å². The minimum absolute atomic E-state index is 0.142. The molecule has 0 aromatic carbocycles. The normalized spacial score (nSPS) is 39.1. The fraction of sp³-hybridized carbons (Fsp3) is 0.952. The van der Waals surface area contributed by atoms with E-state index in [0.717, 1.165) is 51.4 Å². The number of hydrogen-bond donors (Lipinski definition) is 1. The monoisotopic (exact) mass is 396 g/mol. The van der Waals surface area contributed by atoms with Crippen molar-refractivity contribution in [1.82, 2.24) is 20.0 Å². The van der Waals surface area contributed by atoms with E-state index in [2.05, 4.69) is 10.2 Å². The summed E-state index contributed by atoms with van der Waals surface area (Å²) in [7, 11) is 0. The molecule has 1 spiro atoms. The van der Waals surface area contributed by atoms with Crippen LogP contribution in [0.25, 0.3) is 0 Å². The summed E-state index contributed by atoms with van der Waals surface area (Å²) in [4.78, 5) is 18.9. The molecule has 158 valence electrons. The summed E-state index contributed by atoms with van der Waals surface area (Å²) in [6.45, 7) is 5.21. The van der Waals surface area contributed by atoms with Crippen LogP contribution in [0.3, 0.4) is 0 Å². The van der Waals surface area contributed by atoms with Crippen LogP contribution in [0.4, 0.5) is 13.6 Å². The van der Waals surface area contributed by atoms with Gasteiger partial charge in [-0.1, -0.05) is 0 Å². The van der Waals surface area contributed by atoms with Gasteiger partial charge >= 0.3 is 6.03 Å². The van der Waals surface area contributed by atoms with E-state index in [9.17, 15) is 13.6 Å². The lowest BCUT2D eigenvalue weighted by Gasteiger charge is -2.52. The number of amides is 2. The van der Waals surface area contributed by atoms with E-state index in [1.165, 1.54) is 37.3 Å². The number of likely N-dealkylation sites (tertiary alicyclic amines) is 3. The molecular formula is C21H34F2N4O. The second kappa shape index (κ2) is 7.08. The van der Waals surface area contributed by atoms with E-state index in [1.54, 1.807) is 0 Å². The number of piperidine rings is 1. The van der Waals surface area contributed by atoms with Gasteiger partial charge in [-0.15, -0.1) is 0 Å². The Morgan fingerprint density at radius 3 is 2.43 bits per heavy atom. The van der Waals surface area contributed by atoms with Crippen molar-refractivity contribution < 1.29 is 13.6 Å². The van der Waals surface area contributed by atoms with Crippen LogP contribution in [0, 0.1) is 11.3 Å². The number of alkyl halides is 2. The maximum Gasteiger partial charge on any atom is 0.320 e. The Kier molecular flexibility index (Phi) is 4.81. The van der Waals surface area contributed by atoms with Gasteiger partial charge in [0, 0.05) is 38.1 Å². The number of urea groups is 1. The number of nitrogens with one attached hydrogen (secondary N) is 1. The van der Waals surface area contributed by atoms with Crippen LogP contribution in [-0.4, -0.2) is 84.6 Å². The van der Waals surface area contributed by atoms with Gasteiger partial charge in [-0.05, 0) is 75.9 Å². The van der Waals surface area contributed by atoms with Crippen molar-refractivity contribution >= 4 is 6.03 Å². The maximum atomic E-state index is 13.5. The Morgan fingerprint density at radius 2 is 1.79 bits per heavy atom. The van der Waals surface area contributed by atoms with E-state index in [4.69, 9.17) is 0 Å². The minimum atomic E-state index is -2.70. The van der Waals surface area contributed by atoms with Crippen LogP contribution in [0.5, 0.6) is 0 Å². The van der Waals surface area contributed by atoms with E-state index in [-0.39, 0.29) is 25.0 Å². The smallest absolute Gasteiger partial charge is 0.320 e. The summed E-state index contributed by atoms with van der Waals surface area (Å²) >= 11 is 0. The molecule has 5 fully saturated rings. The standard InChI is InChI=1S/C21H34F2N4O/c22-21(23)6-11-26(15-21)19(28)27-8-1-2-18(27)16-3-9-25(10-4-16)17-12-20(13-17)5-7-24-14-20/h16-18,24H,1-15H2. The number of rotatable bonds is 2. The van der Waals surface area contributed by atoms with Gasteiger partial charge in [0.15, 0.2) is 0 Å². The first-order chi connectivity index (χ1) is 13.4. The first-order valence-electron chi connectivity index (χ1n) is 11.3. The van der Waals surface area contributed by atoms with Crippen molar-refractivity contribution in [2.75, 3.05) is 45.8 Å². The second-order valence-electron chi connectivity index (χ2n) is 10.1. The van der Waals surface area contributed by atoms with Crippen molar-refractivity contribution in [3.8, 4) is 0 Å². The molecule has 2 amide bonds. The van der Waals surface area contributed by atoms with E-state index >= 15 is 0 Å². The number of hydrogen-bond acceptors (Lipinski definition) is 3. The second-order valence-corrected chi connectivity index (χ2v) is 10.1. The Bertz CT molecular complexity index is 593. The van der Waals surface area contributed by atoms with Gasteiger partial charge in [0.1, 0.15) is 0 Å². The molecule has 4 aliphatic heterocycles. The Morgan fingerprint density at radius 1 is 1.00 bits per heavy atom. The third-order valence-electron chi connectivity index (χ3n) is 8.29. The molecule has 1 atom stereocenters. The van der Waals surface area contributed by atoms with Gasteiger partial charge in [0.2, 0.25) is 0 Å². The van der Waals surface area contributed by atoms with Crippen LogP contribution in [0.1, 0.15) is 51.4 Å². The summed E-state index contributed by atoms with van der Waals surface area (Å²) in [5.74, 6) is -2.17. The summed E-state index contributed by atoms with van der Waals surface area (Å²) in [6, 6.07) is 0.876. The number of halogens is 2. The highest BCUT2D eigenvalue weighted by Gasteiger charge is 2.49. The summed E-state index contributed by atoms with van der Waals surface area (Å²) < 4.78 is 27.1. The molecule has 1 aliphatic carbocycles. The summed E-state index contributed by atoms with van der Waals surface area (Å²) in [5.41, 5.74) is 0.591. The van der Waals surface area contributed by atoms with Crippen LogP contribution in [0.2, 0.25) is 0 Å². The first-order valence-corrected chi connectivity index (χ1v) is 11.3. The van der Waals surface area contributed by atoms with Crippen molar-refractivity contribution in [3.05, 3.63) is 0 Å². The van der Waals surface area contributed by atoms with Gasteiger partial charge in [-0.25, -0.2) is 13.6 Å². The predicted octanol–water partition coefficient (Wildman–Crippen LogP) is 2.77. The lowest BCUT2D eigenvalue weighted by atomic mass is 9.64. The lowest BCUT2D eigenvalue weighted by Crippen LogP contribution is -2.55. The molecule has 0 aromatic rings. The third kappa shape index (κ3) is 3.42. The Hall–Kier alpha value is -0.950. The van der Waals surface area contributed by atoms with Crippen molar-refractivity contribution in [2.45, 2.75) is 69.4 Å². The third-order valence-corrected chi connectivity index (χ3v) is 8.29. The zero-order valence-electron chi connectivity index (χ0n) is 16.8. The van der Waals surface area contributed by atoms with E-state index in [0.29, 0.717) is 11.3 Å². The van der Waals surface area contributed by atoms with Crippen LogP contribution < -0.4 is 5.32 Å². The van der Waals surface area contributed by atoms with Gasteiger partial charge in [0.25, 0.3) is 5.92 Å². The van der Waals surface area contributed by atoms with Crippen LogP contribution >= 0.6 is 0 Å². The highest BCUT2D eigenvalue weighted by Crippen LogP contribution is 2.48. The van der Waals surface area contributed by atoms with Gasteiger partial charge < -0.3 is 20.0 Å². The zero-order chi connectivity index (χ0) is 19.4. The predicted molar refractivity (Wildman–Crippen MR) is 103 cm³/mol. The molecule has 4 saturated heterocycles. The molecule has 4 heterocycles. The van der Waals surface area contributed by atoms with Crippen molar-refractivity contribution in [1.29, 1.82) is 0 Å². The fourth-order valence-electron chi connectivity index (χ4n) is 6.61. The largest absolute Gasteiger partial charge is 0.321 e. The minimum Gasteiger partial charge on any atom is -0.321 e. The SMILES string of the molecule is O=C(N1CCC(F)(F)C1)N1CCCC1C1CCN(C2CC3(CCNC3)C2)CC1. The molecule has 5 nitrogen and oxygen atoms in total. The number of carbonyl (C=O) groups excluding carboxylic acids is 1. The molecule has 0 bridgehead atoms. The van der Waals surface area contributed by atoms with Crippen molar-refractivity contribution in [2.24, 2.45) is 11.3 Å². The van der Waals surface area contributed by atoms with E-state index < -0.39 is 12.5 Å². The van der Waals surface area contributed by atoms with Crippen LogP contribution in [-0.2, 0) is 0 Å². The maximum absolute atomic E-state index is 13.5. The quantitative estimate of drug-likeness (QED) is 0.780. The summed E-state index contributed by atoms with van der Waals surface area (Å²) in [5, 5.41) is 3.52. The average Bonchev–Trinajstić information content (AvgIpc) is 3.39. The molecule has 5 rings (SSSR count). The van der Waals surface area contributed by atoms with Gasteiger partial charge in [-0.3, -0.25) is 0 Å². The molecule has 1 saturated carbocycles. The van der Waals surface area contributed by atoms with Crippen LogP contribution in [0.15, 0.2) is 0 Å². The lowest BCUT2D eigenvalue weighted by molar-refractivity contribution is -0.0103. The number of nitrogens with zero attached hydrogens (tertiary/aromatic N) is 3. The fourth-order valence-corrected chi connectivity index (χ4v) is 6.61. The molecule has 28 heavy (non-hydrogen) atoms. The molecule has 1 unspecified atom stereocenters. The Balaban J connectivity index is 1.13. The van der Waals surface area contributed by atoms with Crippen molar-refractivity contribution in [3.63, 3.8) is 0 Å². The molecule has 0 radical (unpaired) electrons. The first kappa shape index (κ1) is 19.0. The van der Waals surface area contributed by atoms with E-state index in [1.807, 2.05) is 4.90 Å². The topological polar surface area (TPSA) is 38.8 Å². The molecule has 5 aliphatic rings. The zero-order valence-corrected chi connectivity index (χ0v) is 16.8. The highest BCUT2D eigenvalue weighted by molar-refractivity contribution is 5.75. The van der Waals surface area contributed by atoms with Gasteiger partial charge in [0.05, 0.1) is 6.54 Å².